The number of aromatic hydroxyl groups is 1. The monoisotopic (exact) mass is 504 g/mol. The van der Waals surface area contributed by atoms with Crippen LogP contribution in [-0.2, 0) is 6.54 Å². The van der Waals surface area contributed by atoms with Gasteiger partial charge in [-0.3, -0.25) is 24.1 Å². The molecule has 2 N–H and O–H groups in total. The molecule has 35 heavy (non-hydrogen) atoms. The Balaban J connectivity index is 1.66. The summed E-state index contributed by atoms with van der Waals surface area (Å²) >= 11 is 5.80. The van der Waals surface area contributed by atoms with Gasteiger partial charge in [0.1, 0.15) is 17.5 Å². The third kappa shape index (κ3) is 4.74. The van der Waals surface area contributed by atoms with Gasteiger partial charge in [0, 0.05) is 31.9 Å². The number of rotatable bonds is 5. The van der Waals surface area contributed by atoms with E-state index in [1.54, 1.807) is 13.1 Å². The van der Waals surface area contributed by atoms with Crippen LogP contribution in [0.4, 0.5) is 4.39 Å². The Hall–Kier alpha value is -3.07. The molecule has 1 aromatic carbocycles. The molecule has 4 rings (SSSR count). The zero-order valence-electron chi connectivity index (χ0n) is 20.1. The van der Waals surface area contributed by atoms with Crippen LogP contribution in [0.25, 0.3) is 0 Å². The lowest BCUT2D eigenvalue weighted by molar-refractivity contribution is 0.0638. The fraction of sp³-hybridized carbons (Fsp3) is 0.480. The molecule has 1 aliphatic carbocycles. The van der Waals surface area contributed by atoms with Gasteiger partial charge in [-0.2, -0.15) is 0 Å². The molecule has 0 spiro atoms. The van der Waals surface area contributed by atoms with Crippen LogP contribution in [0, 0.1) is 17.7 Å². The number of benzene rings is 1. The summed E-state index contributed by atoms with van der Waals surface area (Å²) in [7, 11) is 1.62. The van der Waals surface area contributed by atoms with Crippen molar-refractivity contribution in [2.24, 2.45) is 11.8 Å². The molecule has 1 saturated carbocycles. The van der Waals surface area contributed by atoms with Crippen molar-refractivity contribution in [3.63, 3.8) is 0 Å². The third-order valence-electron chi connectivity index (χ3n) is 7.25. The number of aromatic nitrogens is 1. The van der Waals surface area contributed by atoms with E-state index in [4.69, 9.17) is 11.6 Å². The molecule has 2 aromatic rings. The second kappa shape index (κ2) is 9.89. The number of hydrogen-bond donors (Lipinski definition) is 2. The molecule has 1 atom stereocenters. The molecule has 1 aliphatic heterocycles. The van der Waals surface area contributed by atoms with E-state index in [1.807, 2.05) is 11.9 Å². The highest BCUT2D eigenvalue weighted by Crippen LogP contribution is 2.31. The van der Waals surface area contributed by atoms with Crippen LogP contribution in [0.3, 0.4) is 0 Å². The lowest BCUT2D eigenvalue weighted by atomic mass is 9.83. The minimum atomic E-state index is -0.955. The van der Waals surface area contributed by atoms with Crippen LogP contribution in [0.2, 0.25) is 5.02 Å². The van der Waals surface area contributed by atoms with Crippen molar-refractivity contribution in [1.82, 2.24) is 14.9 Å². The third-order valence-corrected chi connectivity index (χ3v) is 7.54. The summed E-state index contributed by atoms with van der Waals surface area (Å²) in [5, 5.41) is 15.1. The average molecular weight is 505 g/mol. The number of halogens is 2. The summed E-state index contributed by atoms with van der Waals surface area (Å²) in [5.41, 5.74) is -1.30. The number of pyridine rings is 1. The molecule has 0 bridgehead atoms. The first kappa shape index (κ1) is 25.0. The molecule has 10 heteroatoms. The smallest absolute Gasteiger partial charge is 0.277 e. The Kier molecular flexibility index (Phi) is 7.07. The van der Waals surface area contributed by atoms with E-state index in [1.165, 1.54) is 27.9 Å². The highest BCUT2D eigenvalue weighted by molar-refractivity contribution is 6.30. The van der Waals surface area contributed by atoms with Gasteiger partial charge >= 0.3 is 0 Å². The van der Waals surface area contributed by atoms with E-state index >= 15 is 0 Å². The molecule has 0 saturated heterocycles. The number of amides is 2. The molecule has 8 nitrogen and oxygen atoms in total. The number of carbonyl (C=O) groups is 2. The number of nitrogens with one attached hydrogen (secondary N) is 1. The summed E-state index contributed by atoms with van der Waals surface area (Å²) in [5.74, 6) is -1.67. The van der Waals surface area contributed by atoms with E-state index in [0.29, 0.717) is 18.4 Å². The molecule has 1 aromatic heterocycles. The Morgan fingerprint density at radius 3 is 2.57 bits per heavy atom. The number of fused-ring (bicyclic) bond motifs is 1. The Morgan fingerprint density at radius 2 is 1.89 bits per heavy atom. The van der Waals surface area contributed by atoms with Crippen LogP contribution in [-0.4, -0.2) is 46.3 Å². The zero-order chi connectivity index (χ0) is 25.4. The molecule has 2 aliphatic rings. The fourth-order valence-corrected chi connectivity index (χ4v) is 5.04. The lowest BCUT2D eigenvalue weighted by Gasteiger charge is -2.45. The maximum absolute atomic E-state index is 14.2. The summed E-state index contributed by atoms with van der Waals surface area (Å²) in [4.78, 5) is 40.2. The van der Waals surface area contributed by atoms with Crippen LogP contribution in [0.15, 0.2) is 29.2 Å². The first-order chi connectivity index (χ1) is 16.6. The quantitative estimate of drug-likeness (QED) is 0.650. The standard InChI is InChI=1S/C25H30ClFN4O4/c1-14-7-9-16(10-8-14)12-30-15(2)29(3)25(35)21-23(33)22(32)18(13-31(21)30)24(34)28-11-17-5-4-6-19(26)20(17)27/h4-6,13-16,33H,7-12H2,1-3H3,(H,28,34)/t14-,15-,16-/m0/s1. The van der Waals surface area contributed by atoms with Crippen molar-refractivity contribution < 1.29 is 19.1 Å². The second-order valence-electron chi connectivity index (χ2n) is 9.61. The maximum Gasteiger partial charge on any atom is 0.277 e. The number of nitrogens with zero attached hydrogens (tertiary/aromatic N) is 3. The minimum Gasteiger partial charge on any atom is -0.502 e. The van der Waals surface area contributed by atoms with Crippen LogP contribution >= 0.6 is 11.6 Å². The van der Waals surface area contributed by atoms with Gasteiger partial charge in [0.05, 0.1) is 5.02 Å². The summed E-state index contributed by atoms with van der Waals surface area (Å²) in [6.45, 7) is 4.51. The van der Waals surface area contributed by atoms with Crippen molar-refractivity contribution in [2.75, 3.05) is 18.6 Å². The SMILES string of the molecule is C[C@H]1N(C)C(=O)c2c(O)c(=O)c(C(=O)NCc3cccc(Cl)c3F)cn2N1C[C@H]1CC[C@H](C)CC1. The van der Waals surface area contributed by atoms with Gasteiger partial charge in [0.2, 0.25) is 5.43 Å². The summed E-state index contributed by atoms with van der Waals surface area (Å²) < 4.78 is 15.6. The van der Waals surface area contributed by atoms with Gasteiger partial charge in [-0.25, -0.2) is 4.39 Å². The van der Waals surface area contributed by atoms with E-state index < -0.39 is 28.8 Å². The molecule has 2 amide bonds. The largest absolute Gasteiger partial charge is 0.502 e. The van der Waals surface area contributed by atoms with Crippen molar-refractivity contribution in [3.05, 3.63) is 62.3 Å². The van der Waals surface area contributed by atoms with Gasteiger partial charge in [0.25, 0.3) is 11.8 Å². The van der Waals surface area contributed by atoms with Crippen molar-refractivity contribution in [3.8, 4) is 5.75 Å². The normalized spacial score (nSPS) is 22.2. The molecular weight excluding hydrogens is 475 g/mol. The molecule has 2 heterocycles. The molecule has 1 fully saturated rings. The highest BCUT2D eigenvalue weighted by atomic mass is 35.5. The predicted molar refractivity (Wildman–Crippen MR) is 131 cm³/mol. The van der Waals surface area contributed by atoms with Gasteiger partial charge in [-0.15, -0.1) is 0 Å². The van der Waals surface area contributed by atoms with Crippen LogP contribution < -0.4 is 15.8 Å². The summed E-state index contributed by atoms with van der Waals surface area (Å²) in [6, 6.07) is 4.42. The van der Waals surface area contributed by atoms with E-state index in [9.17, 15) is 23.9 Å². The van der Waals surface area contributed by atoms with Gasteiger partial charge < -0.3 is 15.3 Å². The van der Waals surface area contributed by atoms with E-state index in [2.05, 4.69) is 12.2 Å². The van der Waals surface area contributed by atoms with E-state index in [0.717, 1.165) is 25.7 Å². The van der Waals surface area contributed by atoms with Gasteiger partial charge in [-0.1, -0.05) is 43.5 Å². The minimum absolute atomic E-state index is 0.0763. The lowest BCUT2D eigenvalue weighted by Crippen LogP contribution is -2.60. The first-order valence-electron chi connectivity index (χ1n) is 11.8. The van der Waals surface area contributed by atoms with Gasteiger partial charge in [0.15, 0.2) is 11.4 Å². The topological polar surface area (TPSA) is 94.9 Å². The number of hydrogen-bond acceptors (Lipinski definition) is 5. The maximum atomic E-state index is 14.2. The summed E-state index contributed by atoms with van der Waals surface area (Å²) in [6.07, 6.45) is 5.28. The number of carbonyl (C=O) groups excluding carboxylic acids is 2. The van der Waals surface area contributed by atoms with Crippen molar-refractivity contribution in [2.45, 2.75) is 52.2 Å². The Morgan fingerprint density at radius 1 is 1.20 bits per heavy atom. The second-order valence-corrected chi connectivity index (χ2v) is 10.0. The van der Waals surface area contributed by atoms with Crippen LogP contribution in [0.1, 0.15) is 65.9 Å². The first-order valence-corrected chi connectivity index (χ1v) is 12.2. The molecule has 0 radical (unpaired) electrons. The predicted octanol–water partition coefficient (Wildman–Crippen LogP) is 3.47. The Bertz CT molecular complexity index is 1210. The highest BCUT2D eigenvalue weighted by Gasteiger charge is 2.38. The molecule has 188 valence electrons. The van der Waals surface area contributed by atoms with Crippen molar-refractivity contribution in [1.29, 1.82) is 0 Å². The van der Waals surface area contributed by atoms with Crippen LogP contribution in [0.5, 0.6) is 5.75 Å². The Labute approximate surface area is 208 Å². The van der Waals surface area contributed by atoms with E-state index in [-0.39, 0.29) is 34.6 Å². The molecular formula is C25H30ClFN4O4. The fourth-order valence-electron chi connectivity index (χ4n) is 4.84. The zero-order valence-corrected chi connectivity index (χ0v) is 20.8. The average Bonchev–Trinajstić information content (AvgIpc) is 2.84. The van der Waals surface area contributed by atoms with Gasteiger partial charge in [-0.05, 0) is 37.7 Å². The molecule has 0 unspecified atom stereocenters. The van der Waals surface area contributed by atoms with Crippen molar-refractivity contribution >= 4 is 23.4 Å².